The number of rotatable bonds is 9. The first-order valence-electron chi connectivity index (χ1n) is 9.13. The van der Waals surface area contributed by atoms with Crippen LogP contribution < -0.4 is 10.6 Å². The van der Waals surface area contributed by atoms with Gasteiger partial charge in [0, 0.05) is 26.1 Å². The molecule has 0 amide bonds. The van der Waals surface area contributed by atoms with Gasteiger partial charge in [-0.05, 0) is 31.9 Å². The maximum atomic E-state index is 4.61. The lowest BCUT2D eigenvalue weighted by molar-refractivity contribution is 0.546. The fourth-order valence-electron chi connectivity index (χ4n) is 2.79. The predicted molar refractivity (Wildman–Crippen MR) is 118 cm³/mol. The van der Waals surface area contributed by atoms with Gasteiger partial charge < -0.3 is 15.6 Å². The van der Waals surface area contributed by atoms with Crippen molar-refractivity contribution in [2.45, 2.75) is 58.4 Å². The van der Waals surface area contributed by atoms with Gasteiger partial charge in [0.25, 0.3) is 0 Å². The number of aryl methyl sites for hydroxylation is 1. The number of aliphatic imine (C=N–C) groups is 1. The van der Waals surface area contributed by atoms with E-state index >= 15 is 0 Å². The molecule has 0 fully saturated rings. The molecular weight excluding hydrogens is 425 g/mol. The van der Waals surface area contributed by atoms with E-state index in [0.717, 1.165) is 42.2 Å². The van der Waals surface area contributed by atoms with Crippen molar-refractivity contribution in [1.82, 2.24) is 20.6 Å². The molecule has 5 nitrogen and oxygen atoms in total. The number of unbranched alkanes of at least 4 members (excludes halogenated alkanes) is 2. The van der Waals surface area contributed by atoms with Gasteiger partial charge in [-0.1, -0.05) is 38.3 Å². The molecule has 1 aromatic heterocycles. The third-order valence-electron chi connectivity index (χ3n) is 4.17. The number of H-pyrrole nitrogens is 1. The van der Waals surface area contributed by atoms with Crippen LogP contribution in [-0.4, -0.2) is 35.6 Å². The van der Waals surface area contributed by atoms with Gasteiger partial charge in [-0.2, -0.15) is 0 Å². The summed E-state index contributed by atoms with van der Waals surface area (Å²) in [4.78, 5) is 12.3. The SMILES string of the molecule is CCCCCC(C)NC(=NC)NCCCc1nc2ccccc2[nH]1.I. The van der Waals surface area contributed by atoms with E-state index in [0.29, 0.717) is 6.04 Å². The number of guanidine groups is 1. The second-order valence-electron chi connectivity index (χ2n) is 6.34. The van der Waals surface area contributed by atoms with E-state index in [2.05, 4.69) is 45.5 Å². The predicted octanol–water partition coefficient (Wildman–Crippen LogP) is 4.25. The molecule has 0 saturated carbocycles. The standard InChI is InChI=1S/C19H31N5.HI/c1-4-5-6-10-15(2)22-19(20-3)21-14-9-13-18-23-16-11-7-8-12-17(16)24-18;/h7-8,11-12,15H,4-6,9-10,13-14H2,1-3H3,(H,23,24)(H2,20,21,22);1H. The van der Waals surface area contributed by atoms with Crippen LogP contribution in [0.5, 0.6) is 0 Å². The van der Waals surface area contributed by atoms with Crippen molar-refractivity contribution in [2.24, 2.45) is 4.99 Å². The number of benzene rings is 1. The molecule has 3 N–H and O–H groups in total. The molecule has 0 aliphatic carbocycles. The van der Waals surface area contributed by atoms with Crippen molar-refractivity contribution in [3.63, 3.8) is 0 Å². The largest absolute Gasteiger partial charge is 0.356 e. The Labute approximate surface area is 168 Å². The number of nitrogens with zero attached hydrogens (tertiary/aromatic N) is 2. The lowest BCUT2D eigenvalue weighted by Crippen LogP contribution is -2.42. The molecule has 0 spiro atoms. The molecule has 140 valence electrons. The Morgan fingerprint density at radius 1 is 1.24 bits per heavy atom. The fourth-order valence-corrected chi connectivity index (χ4v) is 2.79. The quantitative estimate of drug-likeness (QED) is 0.228. The molecule has 0 aliphatic heterocycles. The number of fused-ring (bicyclic) bond motifs is 1. The minimum Gasteiger partial charge on any atom is -0.356 e. The van der Waals surface area contributed by atoms with Gasteiger partial charge in [0.1, 0.15) is 5.82 Å². The summed E-state index contributed by atoms with van der Waals surface area (Å²) in [6, 6.07) is 8.61. The Morgan fingerprint density at radius 2 is 2.04 bits per heavy atom. The molecule has 0 bridgehead atoms. The van der Waals surface area contributed by atoms with Crippen LogP contribution >= 0.6 is 24.0 Å². The van der Waals surface area contributed by atoms with Crippen LogP contribution in [0.1, 0.15) is 51.8 Å². The lowest BCUT2D eigenvalue weighted by atomic mass is 10.1. The van der Waals surface area contributed by atoms with E-state index < -0.39 is 0 Å². The average Bonchev–Trinajstić information content (AvgIpc) is 3.00. The summed E-state index contributed by atoms with van der Waals surface area (Å²) in [5.74, 6) is 1.94. The molecule has 2 aromatic rings. The van der Waals surface area contributed by atoms with Crippen molar-refractivity contribution in [3.05, 3.63) is 30.1 Å². The van der Waals surface area contributed by atoms with Crippen LogP contribution in [0.15, 0.2) is 29.3 Å². The summed E-state index contributed by atoms with van der Waals surface area (Å²) in [7, 11) is 1.83. The molecule has 0 aliphatic rings. The summed E-state index contributed by atoms with van der Waals surface area (Å²) in [6.45, 7) is 5.34. The number of aromatic amines is 1. The lowest BCUT2D eigenvalue weighted by Gasteiger charge is -2.17. The molecule has 1 atom stereocenters. The maximum absolute atomic E-state index is 4.61. The number of para-hydroxylation sites is 2. The van der Waals surface area contributed by atoms with Crippen LogP contribution in [0, 0.1) is 0 Å². The fraction of sp³-hybridized carbons (Fsp3) is 0.579. The Bertz CT molecular complexity index is 605. The van der Waals surface area contributed by atoms with E-state index in [1.807, 2.05) is 25.2 Å². The summed E-state index contributed by atoms with van der Waals surface area (Å²) >= 11 is 0. The van der Waals surface area contributed by atoms with Crippen molar-refractivity contribution < 1.29 is 0 Å². The third-order valence-corrected chi connectivity index (χ3v) is 4.17. The van der Waals surface area contributed by atoms with Gasteiger partial charge in [-0.25, -0.2) is 4.98 Å². The summed E-state index contributed by atoms with van der Waals surface area (Å²) in [6.07, 6.45) is 6.98. The zero-order valence-corrected chi connectivity index (χ0v) is 18.0. The first-order chi connectivity index (χ1) is 11.7. The summed E-state index contributed by atoms with van der Waals surface area (Å²) in [5, 5.41) is 6.85. The molecule has 1 unspecified atom stereocenters. The zero-order valence-electron chi connectivity index (χ0n) is 15.6. The summed E-state index contributed by atoms with van der Waals surface area (Å²) < 4.78 is 0. The molecule has 1 aromatic carbocycles. The van der Waals surface area contributed by atoms with Crippen molar-refractivity contribution >= 4 is 41.0 Å². The topological polar surface area (TPSA) is 65.1 Å². The van der Waals surface area contributed by atoms with Crippen molar-refractivity contribution in [3.8, 4) is 0 Å². The highest BCUT2D eigenvalue weighted by Gasteiger charge is 2.05. The van der Waals surface area contributed by atoms with Gasteiger partial charge in [0.05, 0.1) is 11.0 Å². The van der Waals surface area contributed by atoms with E-state index in [4.69, 9.17) is 0 Å². The number of hydrogen-bond acceptors (Lipinski definition) is 2. The van der Waals surface area contributed by atoms with Crippen LogP contribution in [0.4, 0.5) is 0 Å². The van der Waals surface area contributed by atoms with E-state index in [1.54, 1.807) is 0 Å². The van der Waals surface area contributed by atoms with Gasteiger partial charge >= 0.3 is 0 Å². The average molecular weight is 457 g/mol. The Balaban J connectivity index is 0.00000312. The number of nitrogens with one attached hydrogen (secondary N) is 3. The molecule has 2 rings (SSSR count). The van der Waals surface area contributed by atoms with Gasteiger partial charge in [-0.15, -0.1) is 24.0 Å². The first kappa shape index (κ1) is 21.7. The minimum absolute atomic E-state index is 0. The molecule has 1 heterocycles. The molecule has 25 heavy (non-hydrogen) atoms. The molecule has 0 radical (unpaired) electrons. The highest BCUT2D eigenvalue weighted by molar-refractivity contribution is 14.0. The Hall–Kier alpha value is -1.31. The number of imidazole rings is 1. The maximum Gasteiger partial charge on any atom is 0.191 e. The van der Waals surface area contributed by atoms with E-state index in [-0.39, 0.29) is 24.0 Å². The van der Waals surface area contributed by atoms with E-state index in [9.17, 15) is 0 Å². The highest BCUT2D eigenvalue weighted by Crippen LogP contribution is 2.11. The second-order valence-corrected chi connectivity index (χ2v) is 6.34. The van der Waals surface area contributed by atoms with Crippen LogP contribution in [0.3, 0.4) is 0 Å². The number of hydrogen-bond donors (Lipinski definition) is 3. The normalized spacial score (nSPS) is 12.7. The molecule has 0 saturated heterocycles. The number of halogens is 1. The van der Waals surface area contributed by atoms with Crippen LogP contribution in [0.2, 0.25) is 0 Å². The minimum atomic E-state index is 0. The van der Waals surface area contributed by atoms with Gasteiger partial charge in [0.2, 0.25) is 0 Å². The zero-order chi connectivity index (χ0) is 17.2. The van der Waals surface area contributed by atoms with Crippen molar-refractivity contribution in [1.29, 1.82) is 0 Å². The van der Waals surface area contributed by atoms with E-state index in [1.165, 1.54) is 25.7 Å². The number of aromatic nitrogens is 2. The third kappa shape index (κ3) is 7.63. The first-order valence-corrected chi connectivity index (χ1v) is 9.13. The highest BCUT2D eigenvalue weighted by atomic mass is 127. The van der Waals surface area contributed by atoms with Gasteiger partial charge in [0.15, 0.2) is 5.96 Å². The van der Waals surface area contributed by atoms with Crippen LogP contribution in [0.25, 0.3) is 11.0 Å². The second kappa shape index (κ2) is 12.1. The molecule has 6 heteroatoms. The smallest absolute Gasteiger partial charge is 0.191 e. The van der Waals surface area contributed by atoms with Crippen molar-refractivity contribution in [2.75, 3.05) is 13.6 Å². The Morgan fingerprint density at radius 3 is 2.76 bits per heavy atom. The van der Waals surface area contributed by atoms with Crippen LogP contribution in [-0.2, 0) is 6.42 Å². The summed E-state index contributed by atoms with van der Waals surface area (Å²) in [5.41, 5.74) is 2.15. The monoisotopic (exact) mass is 457 g/mol. The Kier molecular flexibility index (Phi) is 10.5. The molecular formula is C19H32IN5. The van der Waals surface area contributed by atoms with Gasteiger partial charge in [-0.3, -0.25) is 4.99 Å².